The number of carbonyl (C=O) groups excluding carboxylic acids is 1. The van der Waals surface area contributed by atoms with Gasteiger partial charge in [0.25, 0.3) is 5.91 Å². The molecule has 1 atom stereocenters. The SMILES string of the molecule is O=C(C(F)F)N1CCCC(N2CCCC2)C1. The highest BCUT2D eigenvalue weighted by Gasteiger charge is 2.31. The predicted molar refractivity (Wildman–Crippen MR) is 56.4 cm³/mol. The lowest BCUT2D eigenvalue weighted by molar-refractivity contribution is -0.144. The summed E-state index contributed by atoms with van der Waals surface area (Å²) in [5, 5.41) is 0. The topological polar surface area (TPSA) is 23.6 Å². The van der Waals surface area contributed by atoms with Gasteiger partial charge in [0.1, 0.15) is 0 Å². The monoisotopic (exact) mass is 232 g/mol. The summed E-state index contributed by atoms with van der Waals surface area (Å²) in [7, 11) is 0. The van der Waals surface area contributed by atoms with Crippen LogP contribution in [0, 0.1) is 0 Å². The fourth-order valence-corrected chi connectivity index (χ4v) is 2.70. The number of alkyl halides is 2. The number of rotatable bonds is 2. The van der Waals surface area contributed by atoms with Gasteiger partial charge in [-0.1, -0.05) is 0 Å². The molecule has 0 bridgehead atoms. The summed E-state index contributed by atoms with van der Waals surface area (Å²) >= 11 is 0. The standard InChI is InChI=1S/C11H18F2N2O/c12-10(13)11(16)15-7-3-4-9(8-15)14-5-1-2-6-14/h9-10H,1-8H2. The summed E-state index contributed by atoms with van der Waals surface area (Å²) in [5.41, 5.74) is 0. The third-order valence-electron chi connectivity index (χ3n) is 3.55. The van der Waals surface area contributed by atoms with Crippen molar-refractivity contribution in [3.63, 3.8) is 0 Å². The van der Waals surface area contributed by atoms with Crippen LogP contribution in [0.15, 0.2) is 0 Å². The molecule has 0 spiro atoms. The minimum Gasteiger partial charge on any atom is -0.336 e. The lowest BCUT2D eigenvalue weighted by atomic mass is 10.0. The zero-order valence-electron chi connectivity index (χ0n) is 9.37. The van der Waals surface area contributed by atoms with E-state index >= 15 is 0 Å². The molecule has 0 radical (unpaired) electrons. The molecular formula is C11H18F2N2O. The molecule has 3 nitrogen and oxygen atoms in total. The molecule has 2 saturated heterocycles. The molecule has 2 rings (SSSR count). The van der Waals surface area contributed by atoms with E-state index in [1.54, 1.807) is 0 Å². The molecule has 0 aromatic carbocycles. The quantitative estimate of drug-likeness (QED) is 0.717. The van der Waals surface area contributed by atoms with Crippen LogP contribution >= 0.6 is 0 Å². The number of carbonyl (C=O) groups is 1. The number of piperidine rings is 1. The van der Waals surface area contributed by atoms with E-state index in [0.29, 0.717) is 19.1 Å². The Hall–Kier alpha value is -0.710. The average molecular weight is 232 g/mol. The van der Waals surface area contributed by atoms with Crippen molar-refractivity contribution in [2.45, 2.75) is 38.2 Å². The van der Waals surface area contributed by atoms with E-state index in [0.717, 1.165) is 25.9 Å². The number of nitrogens with zero attached hydrogens (tertiary/aromatic N) is 2. The van der Waals surface area contributed by atoms with Crippen LogP contribution < -0.4 is 0 Å². The number of halogens is 2. The Labute approximate surface area is 94.4 Å². The van der Waals surface area contributed by atoms with Crippen LogP contribution in [0.2, 0.25) is 0 Å². The molecule has 2 heterocycles. The first-order chi connectivity index (χ1) is 7.68. The number of hydrogen-bond donors (Lipinski definition) is 0. The Balaban J connectivity index is 1.90. The second-order valence-electron chi connectivity index (χ2n) is 4.62. The van der Waals surface area contributed by atoms with Crippen LogP contribution in [0.1, 0.15) is 25.7 Å². The second-order valence-corrected chi connectivity index (χ2v) is 4.62. The van der Waals surface area contributed by atoms with E-state index < -0.39 is 12.3 Å². The minimum absolute atomic E-state index is 0.305. The summed E-state index contributed by atoms with van der Waals surface area (Å²) in [6, 6.07) is 0.305. The zero-order valence-corrected chi connectivity index (χ0v) is 9.37. The van der Waals surface area contributed by atoms with E-state index in [2.05, 4.69) is 4.90 Å². The first-order valence-corrected chi connectivity index (χ1v) is 5.99. The van der Waals surface area contributed by atoms with Crippen LogP contribution in [0.4, 0.5) is 8.78 Å². The highest BCUT2D eigenvalue weighted by Crippen LogP contribution is 2.21. The van der Waals surface area contributed by atoms with Gasteiger partial charge in [-0.05, 0) is 38.8 Å². The van der Waals surface area contributed by atoms with E-state index in [1.165, 1.54) is 17.7 Å². The molecule has 2 aliphatic rings. The van der Waals surface area contributed by atoms with Gasteiger partial charge in [-0.2, -0.15) is 8.78 Å². The fraction of sp³-hybridized carbons (Fsp3) is 0.909. The lowest BCUT2D eigenvalue weighted by Gasteiger charge is -2.37. The molecule has 5 heteroatoms. The zero-order chi connectivity index (χ0) is 11.5. The molecule has 0 N–H and O–H groups in total. The van der Waals surface area contributed by atoms with Crippen molar-refractivity contribution in [1.29, 1.82) is 0 Å². The number of hydrogen-bond acceptors (Lipinski definition) is 2. The van der Waals surface area contributed by atoms with Gasteiger partial charge in [-0.15, -0.1) is 0 Å². The average Bonchev–Trinajstić information content (AvgIpc) is 2.81. The maximum atomic E-state index is 12.3. The van der Waals surface area contributed by atoms with E-state index in [1.807, 2.05) is 0 Å². The van der Waals surface area contributed by atoms with Gasteiger partial charge in [0, 0.05) is 19.1 Å². The van der Waals surface area contributed by atoms with Crippen LogP contribution in [-0.2, 0) is 4.79 Å². The van der Waals surface area contributed by atoms with Gasteiger partial charge >= 0.3 is 6.43 Å². The predicted octanol–water partition coefficient (Wildman–Crippen LogP) is 1.34. The van der Waals surface area contributed by atoms with E-state index in [-0.39, 0.29) is 0 Å². The van der Waals surface area contributed by atoms with Crippen LogP contribution in [0.5, 0.6) is 0 Å². The van der Waals surface area contributed by atoms with Gasteiger partial charge in [0.15, 0.2) is 0 Å². The Bertz CT molecular complexity index is 254. The van der Waals surface area contributed by atoms with Crippen molar-refractivity contribution in [1.82, 2.24) is 9.80 Å². The second kappa shape index (κ2) is 5.08. The van der Waals surface area contributed by atoms with Crippen molar-refractivity contribution in [2.75, 3.05) is 26.2 Å². The summed E-state index contributed by atoms with van der Waals surface area (Å²) in [6.07, 6.45) is 1.42. The van der Waals surface area contributed by atoms with Gasteiger partial charge in [-0.3, -0.25) is 9.69 Å². The van der Waals surface area contributed by atoms with Gasteiger partial charge in [0.05, 0.1) is 0 Å². The molecule has 2 fully saturated rings. The lowest BCUT2D eigenvalue weighted by Crippen LogP contribution is -2.50. The number of likely N-dealkylation sites (tertiary alicyclic amines) is 2. The third kappa shape index (κ3) is 2.51. The molecule has 16 heavy (non-hydrogen) atoms. The first kappa shape index (κ1) is 11.8. The Morgan fingerprint density at radius 1 is 1.12 bits per heavy atom. The maximum Gasteiger partial charge on any atom is 0.315 e. The normalized spacial score (nSPS) is 27.7. The van der Waals surface area contributed by atoms with Gasteiger partial charge in [0.2, 0.25) is 0 Å². The molecule has 1 amide bonds. The molecule has 1 unspecified atom stereocenters. The summed E-state index contributed by atoms with van der Waals surface area (Å²) < 4.78 is 24.6. The minimum atomic E-state index is -2.85. The summed E-state index contributed by atoms with van der Waals surface area (Å²) in [4.78, 5) is 14.9. The van der Waals surface area contributed by atoms with Crippen molar-refractivity contribution in [2.24, 2.45) is 0 Å². The molecule has 0 aromatic heterocycles. The van der Waals surface area contributed by atoms with Crippen LogP contribution in [-0.4, -0.2) is 54.4 Å². The Morgan fingerprint density at radius 2 is 1.81 bits per heavy atom. The summed E-state index contributed by atoms with van der Waals surface area (Å²) in [6.45, 7) is 3.10. The van der Waals surface area contributed by atoms with E-state index in [4.69, 9.17) is 0 Å². The largest absolute Gasteiger partial charge is 0.336 e. The highest BCUT2D eigenvalue weighted by molar-refractivity contribution is 5.79. The van der Waals surface area contributed by atoms with Crippen LogP contribution in [0.25, 0.3) is 0 Å². The molecule has 0 aromatic rings. The number of amides is 1. The van der Waals surface area contributed by atoms with Crippen molar-refractivity contribution in [3.8, 4) is 0 Å². The fourth-order valence-electron chi connectivity index (χ4n) is 2.70. The van der Waals surface area contributed by atoms with Crippen molar-refractivity contribution < 1.29 is 13.6 Å². The Morgan fingerprint density at radius 3 is 2.44 bits per heavy atom. The first-order valence-electron chi connectivity index (χ1n) is 5.99. The van der Waals surface area contributed by atoms with Gasteiger partial charge < -0.3 is 4.90 Å². The van der Waals surface area contributed by atoms with Crippen LogP contribution in [0.3, 0.4) is 0 Å². The highest BCUT2D eigenvalue weighted by atomic mass is 19.3. The van der Waals surface area contributed by atoms with Gasteiger partial charge in [-0.25, -0.2) is 0 Å². The third-order valence-corrected chi connectivity index (χ3v) is 3.55. The van der Waals surface area contributed by atoms with Crippen molar-refractivity contribution >= 4 is 5.91 Å². The summed E-state index contributed by atoms with van der Waals surface area (Å²) in [5.74, 6) is -0.996. The van der Waals surface area contributed by atoms with E-state index in [9.17, 15) is 13.6 Å². The molecule has 2 aliphatic heterocycles. The molecule has 92 valence electrons. The maximum absolute atomic E-state index is 12.3. The molecule has 0 saturated carbocycles. The smallest absolute Gasteiger partial charge is 0.315 e. The van der Waals surface area contributed by atoms with Crippen molar-refractivity contribution in [3.05, 3.63) is 0 Å². The Kier molecular flexibility index (Phi) is 3.74. The molecule has 0 aliphatic carbocycles. The molecular weight excluding hydrogens is 214 g/mol.